The number of hydrogen-bond donors (Lipinski definition) is 0. The molecule has 1 fully saturated rings. The first kappa shape index (κ1) is 23.9. The van der Waals surface area contributed by atoms with Crippen molar-refractivity contribution < 1.29 is 4.39 Å². The minimum Gasteiger partial charge on any atom is -0.236 e. The van der Waals surface area contributed by atoms with Crippen molar-refractivity contribution in [1.82, 2.24) is 9.97 Å². The number of aromatic nitrogens is 2. The molecule has 1 aliphatic rings. The summed E-state index contributed by atoms with van der Waals surface area (Å²) in [6.07, 6.45) is 19.1. The zero-order valence-corrected chi connectivity index (χ0v) is 19.9. The van der Waals surface area contributed by atoms with Gasteiger partial charge in [-0.2, -0.15) is 0 Å². The van der Waals surface area contributed by atoms with Crippen LogP contribution in [0.3, 0.4) is 0 Å². The van der Waals surface area contributed by atoms with Crippen molar-refractivity contribution >= 4 is 0 Å². The quantitative estimate of drug-likeness (QED) is 0.338. The van der Waals surface area contributed by atoms with Gasteiger partial charge in [0.25, 0.3) is 0 Å². The maximum absolute atomic E-state index is 14.7. The van der Waals surface area contributed by atoms with Crippen LogP contribution in [-0.2, 0) is 6.42 Å². The van der Waals surface area contributed by atoms with Crippen LogP contribution in [0.4, 0.5) is 4.39 Å². The molecule has 1 heterocycles. The Labute approximate surface area is 189 Å². The molecule has 2 nitrogen and oxygen atoms in total. The molecule has 0 radical (unpaired) electrons. The topological polar surface area (TPSA) is 25.8 Å². The Bertz CT molecular complexity index is 778. The van der Waals surface area contributed by atoms with Crippen molar-refractivity contribution in [2.75, 3.05) is 0 Å². The fraction of sp³-hybridized carbons (Fsp3) is 0.643. The molecule has 1 saturated carbocycles. The second-order valence-electron chi connectivity index (χ2n) is 9.68. The second-order valence-corrected chi connectivity index (χ2v) is 9.68. The molecule has 2 aromatic rings. The molecule has 1 aliphatic carbocycles. The van der Waals surface area contributed by atoms with E-state index in [-0.39, 0.29) is 5.82 Å². The van der Waals surface area contributed by atoms with E-state index in [0.29, 0.717) is 17.3 Å². The Balaban J connectivity index is 1.56. The van der Waals surface area contributed by atoms with Gasteiger partial charge in [0.2, 0.25) is 0 Å². The van der Waals surface area contributed by atoms with Crippen LogP contribution in [0.2, 0.25) is 0 Å². The van der Waals surface area contributed by atoms with Crippen molar-refractivity contribution in [3.05, 3.63) is 47.5 Å². The average molecular weight is 425 g/mol. The van der Waals surface area contributed by atoms with Crippen molar-refractivity contribution in [3.63, 3.8) is 0 Å². The van der Waals surface area contributed by atoms with E-state index >= 15 is 0 Å². The van der Waals surface area contributed by atoms with Crippen LogP contribution in [0.25, 0.3) is 11.4 Å². The second kappa shape index (κ2) is 12.3. The lowest BCUT2D eigenvalue weighted by atomic mass is 9.73. The molecule has 0 bridgehead atoms. The molecule has 31 heavy (non-hydrogen) atoms. The van der Waals surface area contributed by atoms with Crippen LogP contribution in [0.5, 0.6) is 0 Å². The lowest BCUT2D eigenvalue weighted by Crippen LogP contribution is -2.19. The van der Waals surface area contributed by atoms with Gasteiger partial charge in [0.15, 0.2) is 5.82 Å². The summed E-state index contributed by atoms with van der Waals surface area (Å²) in [6, 6.07) is 5.52. The lowest BCUT2D eigenvalue weighted by molar-refractivity contribution is 0.236. The van der Waals surface area contributed by atoms with Crippen LogP contribution in [0.15, 0.2) is 30.6 Å². The predicted octanol–water partition coefficient (Wildman–Crippen LogP) is 8.51. The van der Waals surface area contributed by atoms with Gasteiger partial charge in [0.05, 0.1) is 5.56 Å². The minimum absolute atomic E-state index is 0.212. The van der Waals surface area contributed by atoms with E-state index in [1.807, 2.05) is 24.5 Å². The van der Waals surface area contributed by atoms with Gasteiger partial charge >= 0.3 is 0 Å². The molecule has 3 heteroatoms. The van der Waals surface area contributed by atoms with Crippen molar-refractivity contribution in [2.24, 2.45) is 11.8 Å². The first-order chi connectivity index (χ1) is 15.1. The summed E-state index contributed by atoms with van der Waals surface area (Å²) in [5.74, 6) is 2.40. The number of halogens is 1. The molecule has 0 amide bonds. The molecule has 1 atom stereocenters. The van der Waals surface area contributed by atoms with Gasteiger partial charge in [-0.15, -0.1) is 0 Å². The van der Waals surface area contributed by atoms with Crippen molar-refractivity contribution in [3.8, 4) is 11.4 Å². The van der Waals surface area contributed by atoms with Gasteiger partial charge in [-0.3, -0.25) is 0 Å². The number of nitrogens with zero attached hydrogens (tertiary/aromatic N) is 2. The summed E-state index contributed by atoms with van der Waals surface area (Å²) in [6.45, 7) is 6.78. The summed E-state index contributed by atoms with van der Waals surface area (Å²) in [5, 5.41) is 0. The molecule has 0 aliphatic heterocycles. The molecular formula is C28H41FN2. The van der Waals surface area contributed by atoms with Crippen molar-refractivity contribution in [1.29, 1.82) is 0 Å². The minimum atomic E-state index is -0.212. The van der Waals surface area contributed by atoms with Crippen LogP contribution in [0, 0.1) is 17.7 Å². The van der Waals surface area contributed by atoms with Crippen LogP contribution >= 0.6 is 0 Å². The van der Waals surface area contributed by atoms with E-state index in [2.05, 4.69) is 30.7 Å². The molecule has 0 N–H and O–H groups in total. The number of benzene rings is 1. The van der Waals surface area contributed by atoms with E-state index in [9.17, 15) is 4.39 Å². The summed E-state index contributed by atoms with van der Waals surface area (Å²) < 4.78 is 14.7. The first-order valence-corrected chi connectivity index (χ1v) is 12.7. The fourth-order valence-corrected chi connectivity index (χ4v) is 5.12. The fourth-order valence-electron chi connectivity index (χ4n) is 5.12. The van der Waals surface area contributed by atoms with Gasteiger partial charge in [-0.1, -0.05) is 78.2 Å². The largest absolute Gasteiger partial charge is 0.236 e. The van der Waals surface area contributed by atoms with Gasteiger partial charge in [-0.25, -0.2) is 14.4 Å². The average Bonchev–Trinajstić information content (AvgIpc) is 2.80. The third-order valence-electron chi connectivity index (χ3n) is 7.36. The third-order valence-corrected chi connectivity index (χ3v) is 7.36. The van der Waals surface area contributed by atoms with E-state index in [1.165, 1.54) is 69.8 Å². The zero-order valence-electron chi connectivity index (χ0n) is 19.9. The van der Waals surface area contributed by atoms with E-state index in [4.69, 9.17) is 0 Å². The summed E-state index contributed by atoms with van der Waals surface area (Å²) in [5.41, 5.74) is 2.76. The Morgan fingerprint density at radius 2 is 1.61 bits per heavy atom. The highest BCUT2D eigenvalue weighted by Gasteiger charge is 2.26. The third kappa shape index (κ3) is 6.85. The number of unbranched alkanes of at least 4 members (excludes halogenated alkanes) is 4. The Hall–Kier alpha value is -1.77. The van der Waals surface area contributed by atoms with Gasteiger partial charge in [-0.05, 0) is 66.7 Å². The first-order valence-electron chi connectivity index (χ1n) is 12.7. The van der Waals surface area contributed by atoms with E-state index in [0.717, 1.165) is 30.2 Å². The van der Waals surface area contributed by atoms with Crippen LogP contribution < -0.4 is 0 Å². The monoisotopic (exact) mass is 424 g/mol. The molecular weight excluding hydrogens is 383 g/mol. The molecule has 0 saturated heterocycles. The van der Waals surface area contributed by atoms with Crippen molar-refractivity contribution in [2.45, 2.75) is 104 Å². The van der Waals surface area contributed by atoms with Crippen LogP contribution in [0.1, 0.15) is 108 Å². The standard InChI is InChI=1S/C28H41FN2/c1-4-6-8-10-22-12-15-24(16-13-22)21(3)25-19-30-28(31-20-25)26-17-14-23(18-27(26)29)11-9-7-5-2/h14,17-22,24H,4-13,15-16H2,1-3H3. The molecule has 1 aromatic heterocycles. The van der Waals surface area contributed by atoms with E-state index in [1.54, 1.807) is 6.07 Å². The Morgan fingerprint density at radius 1 is 0.935 bits per heavy atom. The molecule has 0 spiro atoms. The zero-order chi connectivity index (χ0) is 22.1. The van der Waals surface area contributed by atoms with Gasteiger partial charge in [0.1, 0.15) is 5.82 Å². The number of aryl methyl sites for hydroxylation is 1. The highest BCUT2D eigenvalue weighted by molar-refractivity contribution is 5.56. The Kier molecular flexibility index (Phi) is 9.49. The van der Waals surface area contributed by atoms with Gasteiger partial charge in [0, 0.05) is 12.4 Å². The normalized spacial score (nSPS) is 20.0. The highest BCUT2D eigenvalue weighted by Crippen LogP contribution is 2.39. The molecule has 170 valence electrons. The maximum Gasteiger partial charge on any atom is 0.162 e. The summed E-state index contributed by atoms with van der Waals surface area (Å²) >= 11 is 0. The van der Waals surface area contributed by atoms with Crippen LogP contribution in [-0.4, -0.2) is 9.97 Å². The SMILES string of the molecule is CCCCCc1ccc(-c2ncc(C(C)C3CCC(CCCCC)CC3)cn2)c(F)c1. The van der Waals surface area contributed by atoms with E-state index < -0.39 is 0 Å². The number of rotatable bonds is 11. The number of hydrogen-bond acceptors (Lipinski definition) is 2. The maximum atomic E-state index is 14.7. The summed E-state index contributed by atoms with van der Waals surface area (Å²) in [7, 11) is 0. The Morgan fingerprint density at radius 3 is 2.26 bits per heavy atom. The smallest absolute Gasteiger partial charge is 0.162 e. The molecule has 3 rings (SSSR count). The molecule has 1 aromatic carbocycles. The predicted molar refractivity (Wildman–Crippen MR) is 129 cm³/mol. The van der Waals surface area contributed by atoms with Gasteiger partial charge < -0.3 is 0 Å². The summed E-state index contributed by atoms with van der Waals surface area (Å²) in [4.78, 5) is 9.09. The molecule has 1 unspecified atom stereocenters. The highest BCUT2D eigenvalue weighted by atomic mass is 19.1. The lowest BCUT2D eigenvalue weighted by Gasteiger charge is -2.32.